The fourth-order valence-corrected chi connectivity index (χ4v) is 3.81. The number of hydrogen-bond donors (Lipinski definition) is 1. The number of hydrogen-bond acceptors (Lipinski definition) is 5. The van der Waals surface area contributed by atoms with Gasteiger partial charge in [-0.15, -0.1) is 0 Å². The zero-order chi connectivity index (χ0) is 23.1. The topological polar surface area (TPSA) is 85.7 Å². The lowest BCUT2D eigenvalue weighted by Gasteiger charge is -2.32. The molecular weight excluding hydrogens is 408 g/mol. The largest absolute Gasteiger partial charge is 0.495 e. The Kier molecular flexibility index (Phi) is 7.83. The number of aromatic nitrogens is 2. The number of urea groups is 1. The van der Waals surface area contributed by atoms with Crippen molar-refractivity contribution in [2.45, 2.75) is 32.9 Å². The highest BCUT2D eigenvalue weighted by molar-refractivity contribution is 5.91. The predicted molar refractivity (Wildman–Crippen MR) is 125 cm³/mol. The van der Waals surface area contributed by atoms with Gasteiger partial charge in [0.15, 0.2) is 0 Å². The van der Waals surface area contributed by atoms with Crippen LogP contribution in [-0.2, 0) is 11.3 Å². The molecule has 3 aromatic rings. The van der Waals surface area contributed by atoms with Crippen LogP contribution in [0.2, 0.25) is 0 Å². The lowest BCUT2D eigenvalue weighted by atomic mass is 10.1. The summed E-state index contributed by atoms with van der Waals surface area (Å²) in [6.45, 7) is 5.02. The van der Waals surface area contributed by atoms with E-state index in [-0.39, 0.29) is 11.6 Å². The number of anilines is 1. The summed E-state index contributed by atoms with van der Waals surface area (Å²) in [4.78, 5) is 33.0. The number of amides is 2. The zero-order valence-corrected chi connectivity index (χ0v) is 19.0. The molecule has 0 radical (unpaired) electrons. The molecule has 8 nitrogen and oxygen atoms in total. The second-order valence-electron chi connectivity index (χ2n) is 7.28. The highest BCUT2D eigenvalue weighted by atomic mass is 16.5. The van der Waals surface area contributed by atoms with Crippen molar-refractivity contribution in [3.8, 4) is 5.75 Å². The average molecular weight is 439 g/mol. The second-order valence-corrected chi connectivity index (χ2v) is 7.28. The Hall–Kier alpha value is -3.39. The average Bonchev–Trinajstić information content (AvgIpc) is 2.82. The molecule has 3 rings (SSSR count). The molecule has 1 aromatic heterocycles. The Bertz CT molecular complexity index is 1130. The first-order valence-corrected chi connectivity index (χ1v) is 10.7. The lowest BCUT2D eigenvalue weighted by molar-refractivity contribution is 0.130. The summed E-state index contributed by atoms with van der Waals surface area (Å²) in [7, 11) is 3.15. The second kappa shape index (κ2) is 10.8. The van der Waals surface area contributed by atoms with E-state index in [0.29, 0.717) is 54.3 Å². The third-order valence-corrected chi connectivity index (χ3v) is 5.41. The zero-order valence-electron chi connectivity index (χ0n) is 19.0. The van der Waals surface area contributed by atoms with Crippen molar-refractivity contribution < 1.29 is 14.3 Å². The van der Waals surface area contributed by atoms with E-state index in [4.69, 9.17) is 14.5 Å². The Morgan fingerprint density at radius 3 is 2.53 bits per heavy atom. The van der Waals surface area contributed by atoms with Gasteiger partial charge in [0.25, 0.3) is 5.56 Å². The fourth-order valence-electron chi connectivity index (χ4n) is 3.81. The summed E-state index contributed by atoms with van der Waals surface area (Å²) >= 11 is 0. The molecule has 0 aliphatic carbocycles. The van der Waals surface area contributed by atoms with Crippen LogP contribution in [0.3, 0.4) is 0 Å². The molecule has 1 N–H and O–H groups in total. The quantitative estimate of drug-likeness (QED) is 0.545. The summed E-state index contributed by atoms with van der Waals surface area (Å²) in [6, 6.07) is 13.8. The normalized spacial score (nSPS) is 11.9. The van der Waals surface area contributed by atoms with Crippen molar-refractivity contribution in [3.05, 3.63) is 64.7 Å². The summed E-state index contributed by atoms with van der Waals surface area (Å²) < 4.78 is 12.3. The Balaban J connectivity index is 2.05. The number of nitrogens with one attached hydrogen (secondary N) is 1. The maximum absolute atomic E-state index is 13.4. The first-order valence-electron chi connectivity index (χ1n) is 10.7. The van der Waals surface area contributed by atoms with E-state index in [0.717, 1.165) is 0 Å². The van der Waals surface area contributed by atoms with Gasteiger partial charge in [0.1, 0.15) is 11.6 Å². The number of carbonyl (C=O) groups is 1. The van der Waals surface area contributed by atoms with Gasteiger partial charge in [-0.25, -0.2) is 9.78 Å². The minimum atomic E-state index is -0.419. The Labute approximate surface area is 187 Å². The Morgan fingerprint density at radius 1 is 1.12 bits per heavy atom. The van der Waals surface area contributed by atoms with Gasteiger partial charge in [-0.3, -0.25) is 9.36 Å². The molecule has 0 aliphatic rings. The van der Waals surface area contributed by atoms with Crippen molar-refractivity contribution >= 4 is 22.6 Å². The van der Waals surface area contributed by atoms with Gasteiger partial charge in [0.2, 0.25) is 0 Å². The van der Waals surface area contributed by atoms with E-state index in [1.165, 1.54) is 0 Å². The van der Waals surface area contributed by atoms with Crippen LogP contribution in [0.25, 0.3) is 10.9 Å². The molecule has 0 aliphatic heterocycles. The van der Waals surface area contributed by atoms with E-state index in [1.54, 1.807) is 41.9 Å². The fraction of sp³-hybridized carbons (Fsp3) is 0.375. The van der Waals surface area contributed by atoms with Gasteiger partial charge in [-0.2, -0.15) is 0 Å². The Morgan fingerprint density at radius 2 is 1.84 bits per heavy atom. The maximum Gasteiger partial charge on any atom is 0.322 e. The van der Waals surface area contributed by atoms with Crippen molar-refractivity contribution in [1.82, 2.24) is 14.5 Å². The molecule has 0 saturated heterocycles. The van der Waals surface area contributed by atoms with Gasteiger partial charge in [0, 0.05) is 20.2 Å². The molecule has 0 spiro atoms. The summed E-state index contributed by atoms with van der Waals surface area (Å²) in [6.07, 6.45) is 0.577. The van der Waals surface area contributed by atoms with Gasteiger partial charge < -0.3 is 19.7 Å². The number of benzene rings is 2. The van der Waals surface area contributed by atoms with Gasteiger partial charge in [-0.1, -0.05) is 31.2 Å². The molecule has 0 bridgehead atoms. The van der Waals surface area contributed by atoms with E-state index < -0.39 is 6.04 Å². The molecule has 2 aromatic carbocycles. The highest BCUT2D eigenvalue weighted by Crippen LogP contribution is 2.27. The highest BCUT2D eigenvalue weighted by Gasteiger charge is 2.28. The van der Waals surface area contributed by atoms with E-state index in [1.807, 2.05) is 44.2 Å². The first kappa shape index (κ1) is 23.3. The number of nitrogens with zero attached hydrogens (tertiary/aromatic N) is 3. The smallest absolute Gasteiger partial charge is 0.322 e. The summed E-state index contributed by atoms with van der Waals surface area (Å²) in [5, 5.41) is 3.50. The molecule has 1 atom stereocenters. The molecule has 2 amide bonds. The SMILES string of the molecule is CCC(c1nc2ccccc2c(=O)n1CC)N(CCOC)C(=O)Nc1ccccc1OC. The van der Waals surface area contributed by atoms with Crippen LogP contribution in [-0.4, -0.2) is 47.9 Å². The molecule has 1 unspecified atom stereocenters. The van der Waals surface area contributed by atoms with Gasteiger partial charge in [0.05, 0.1) is 36.3 Å². The molecule has 0 fully saturated rings. The number of para-hydroxylation sites is 3. The van der Waals surface area contributed by atoms with Crippen LogP contribution in [0.5, 0.6) is 5.75 Å². The molecular formula is C24H30N4O4. The molecule has 0 saturated carbocycles. The number of carbonyl (C=O) groups excluding carboxylic acids is 1. The molecule has 32 heavy (non-hydrogen) atoms. The van der Waals surface area contributed by atoms with Crippen LogP contribution in [0.4, 0.5) is 10.5 Å². The summed E-state index contributed by atoms with van der Waals surface area (Å²) in [5.41, 5.74) is 1.08. The van der Waals surface area contributed by atoms with Crippen LogP contribution >= 0.6 is 0 Å². The number of rotatable bonds is 9. The molecule has 8 heteroatoms. The van der Waals surface area contributed by atoms with Gasteiger partial charge >= 0.3 is 6.03 Å². The van der Waals surface area contributed by atoms with Crippen molar-refractivity contribution in [2.75, 3.05) is 32.7 Å². The van der Waals surface area contributed by atoms with Crippen LogP contribution in [0, 0.1) is 0 Å². The lowest BCUT2D eigenvalue weighted by Crippen LogP contribution is -2.42. The third kappa shape index (κ3) is 4.75. The minimum absolute atomic E-state index is 0.108. The van der Waals surface area contributed by atoms with E-state index in [9.17, 15) is 9.59 Å². The predicted octanol–water partition coefficient (Wildman–Crippen LogP) is 4.06. The first-order chi connectivity index (χ1) is 15.5. The monoisotopic (exact) mass is 438 g/mol. The van der Waals surface area contributed by atoms with Crippen LogP contribution in [0.1, 0.15) is 32.1 Å². The number of methoxy groups -OCH3 is 2. The molecule has 170 valence electrons. The van der Waals surface area contributed by atoms with Gasteiger partial charge in [-0.05, 0) is 37.6 Å². The van der Waals surface area contributed by atoms with Crippen LogP contribution in [0.15, 0.2) is 53.3 Å². The van der Waals surface area contributed by atoms with E-state index in [2.05, 4.69) is 5.32 Å². The summed E-state index contributed by atoms with van der Waals surface area (Å²) in [5.74, 6) is 1.12. The van der Waals surface area contributed by atoms with Crippen molar-refractivity contribution in [2.24, 2.45) is 0 Å². The number of ether oxygens (including phenoxy) is 2. The standard InChI is InChI=1S/C24H30N4O4/c1-5-20(22-25-18-12-8-7-11-17(18)23(29)27(22)6-2)28(15-16-31-3)24(30)26-19-13-9-10-14-21(19)32-4/h7-14,20H,5-6,15-16H2,1-4H3,(H,26,30). The van der Waals surface area contributed by atoms with Crippen LogP contribution < -0.4 is 15.6 Å². The minimum Gasteiger partial charge on any atom is -0.495 e. The van der Waals surface area contributed by atoms with E-state index >= 15 is 0 Å². The van der Waals surface area contributed by atoms with Crippen molar-refractivity contribution in [1.29, 1.82) is 0 Å². The maximum atomic E-state index is 13.4. The molecule has 1 heterocycles. The van der Waals surface area contributed by atoms with Crippen molar-refractivity contribution in [3.63, 3.8) is 0 Å². The third-order valence-electron chi connectivity index (χ3n) is 5.41. The number of fused-ring (bicyclic) bond motifs is 1.